The van der Waals surface area contributed by atoms with Crippen LogP contribution in [0.5, 0.6) is 0 Å². The summed E-state index contributed by atoms with van der Waals surface area (Å²) in [5.41, 5.74) is 1.53. The van der Waals surface area contributed by atoms with Crippen LogP contribution in [-0.4, -0.2) is 29.0 Å². The fourth-order valence-electron chi connectivity index (χ4n) is 1.83. The summed E-state index contributed by atoms with van der Waals surface area (Å²) in [7, 11) is 1.14. The van der Waals surface area contributed by atoms with Crippen LogP contribution in [0.1, 0.15) is 17.5 Å². The summed E-state index contributed by atoms with van der Waals surface area (Å²) >= 11 is 0. The number of ether oxygens (including phenoxy) is 1. The summed E-state index contributed by atoms with van der Waals surface area (Å²) in [4.78, 5) is 26.7. The van der Waals surface area contributed by atoms with E-state index in [0.717, 1.165) is 12.7 Å². The molecule has 0 saturated heterocycles. The smallest absolute Gasteiger partial charge is 0.379 e. The van der Waals surface area contributed by atoms with Gasteiger partial charge in [-0.3, -0.25) is 9.78 Å². The molecule has 1 N–H and O–H groups in total. The quantitative estimate of drug-likeness (QED) is 0.610. The molecule has 0 radical (unpaired) electrons. The topological polar surface area (TPSA) is 76.5 Å². The normalized spacial score (nSPS) is 14.2. The Morgan fingerprint density at radius 2 is 2.18 bits per heavy atom. The van der Waals surface area contributed by atoms with E-state index in [1.165, 1.54) is 6.20 Å². The van der Waals surface area contributed by atoms with Crippen molar-refractivity contribution in [2.45, 2.75) is 12.8 Å². The van der Waals surface area contributed by atoms with Crippen LogP contribution in [0.3, 0.4) is 0 Å². The second-order valence-electron chi connectivity index (χ2n) is 3.68. The molecule has 1 aliphatic rings. The van der Waals surface area contributed by atoms with Gasteiger partial charge in [0.25, 0.3) is 5.78 Å². The first kappa shape index (κ1) is 11.3. The number of aromatic nitrogens is 1. The first-order chi connectivity index (χ1) is 8.15. The molecule has 2 rings (SSSR count). The molecule has 1 aromatic heterocycles. The van der Waals surface area contributed by atoms with Crippen molar-refractivity contribution >= 4 is 17.5 Å². The molecule has 0 aromatic carbocycles. The van der Waals surface area contributed by atoms with E-state index in [4.69, 9.17) is 0 Å². The molecule has 0 atom stereocenters. The molecule has 0 unspecified atom stereocenters. The molecule has 88 valence electrons. The summed E-state index contributed by atoms with van der Waals surface area (Å²) in [5.74, 6) is -1.89. The summed E-state index contributed by atoms with van der Waals surface area (Å²) in [5, 5.41) is 9.96. The number of fused-ring (bicyclic) bond motifs is 1. The zero-order valence-electron chi connectivity index (χ0n) is 9.27. The number of hydrogen-bond donors (Lipinski definition) is 1. The predicted molar refractivity (Wildman–Crippen MR) is 59.1 cm³/mol. The number of methoxy groups -OCH3 is 1. The fourth-order valence-corrected chi connectivity index (χ4v) is 1.83. The molecule has 17 heavy (non-hydrogen) atoms. The largest absolute Gasteiger partial charge is 0.507 e. The van der Waals surface area contributed by atoms with Gasteiger partial charge in [-0.2, -0.15) is 0 Å². The summed E-state index contributed by atoms with van der Waals surface area (Å²) in [6.45, 7) is 0. The highest BCUT2D eigenvalue weighted by molar-refractivity contribution is 6.41. The van der Waals surface area contributed by atoms with Crippen LogP contribution >= 0.6 is 0 Å². The molecular weight excluding hydrogens is 222 g/mol. The monoisotopic (exact) mass is 233 g/mol. The minimum absolute atomic E-state index is 0.107. The molecule has 0 bridgehead atoms. The van der Waals surface area contributed by atoms with Crippen molar-refractivity contribution in [3.05, 3.63) is 35.2 Å². The number of rotatable bonds is 2. The Bertz CT molecular complexity index is 519. The van der Waals surface area contributed by atoms with Crippen LogP contribution in [0, 0.1) is 0 Å². The standard InChI is InChI=1S/C12H11NO4/c1-17-12(16)11(15)9-3-2-7-6-13-5-4-8(7)10(9)14/h4-6,14H,2-3H2,1H3. The molecule has 0 amide bonds. The number of nitrogens with zero attached hydrogens (tertiary/aromatic N) is 1. The first-order valence-corrected chi connectivity index (χ1v) is 5.13. The lowest BCUT2D eigenvalue weighted by Crippen LogP contribution is -2.21. The van der Waals surface area contributed by atoms with Crippen LogP contribution < -0.4 is 0 Å². The number of pyridine rings is 1. The van der Waals surface area contributed by atoms with Gasteiger partial charge in [-0.25, -0.2) is 4.79 Å². The second kappa shape index (κ2) is 4.37. The first-order valence-electron chi connectivity index (χ1n) is 5.13. The van der Waals surface area contributed by atoms with E-state index in [1.807, 2.05) is 0 Å². The molecular formula is C12H11NO4. The number of aliphatic hydroxyl groups is 1. The Hall–Kier alpha value is -2.17. The molecule has 1 heterocycles. The van der Waals surface area contributed by atoms with E-state index in [9.17, 15) is 14.7 Å². The van der Waals surface area contributed by atoms with Gasteiger partial charge in [-0.1, -0.05) is 0 Å². The number of carbonyl (C=O) groups excluding carboxylic acids is 2. The number of hydrogen-bond acceptors (Lipinski definition) is 5. The van der Waals surface area contributed by atoms with E-state index < -0.39 is 11.8 Å². The SMILES string of the molecule is COC(=O)C(=O)C1=C(O)c2ccncc2CC1. The zero-order valence-corrected chi connectivity index (χ0v) is 9.27. The third-order valence-corrected chi connectivity index (χ3v) is 2.73. The lowest BCUT2D eigenvalue weighted by atomic mass is 9.90. The summed E-state index contributed by atoms with van der Waals surface area (Å²) in [6.07, 6.45) is 4.06. The highest BCUT2D eigenvalue weighted by Gasteiger charge is 2.27. The zero-order chi connectivity index (χ0) is 12.4. The number of aryl methyl sites for hydroxylation is 1. The maximum Gasteiger partial charge on any atom is 0.379 e. The van der Waals surface area contributed by atoms with Crippen molar-refractivity contribution in [3.8, 4) is 0 Å². The lowest BCUT2D eigenvalue weighted by molar-refractivity contribution is -0.149. The van der Waals surface area contributed by atoms with Crippen LogP contribution in [-0.2, 0) is 20.7 Å². The molecule has 5 nitrogen and oxygen atoms in total. The maximum absolute atomic E-state index is 11.6. The Balaban J connectivity index is 2.44. The van der Waals surface area contributed by atoms with Gasteiger partial charge in [-0.15, -0.1) is 0 Å². The third-order valence-electron chi connectivity index (χ3n) is 2.73. The lowest BCUT2D eigenvalue weighted by Gasteiger charge is -2.17. The van der Waals surface area contributed by atoms with E-state index in [2.05, 4.69) is 9.72 Å². The van der Waals surface area contributed by atoms with Crippen molar-refractivity contribution in [2.24, 2.45) is 0 Å². The van der Waals surface area contributed by atoms with Crippen molar-refractivity contribution in [1.29, 1.82) is 0 Å². The maximum atomic E-state index is 11.6. The average molecular weight is 233 g/mol. The van der Waals surface area contributed by atoms with E-state index in [0.29, 0.717) is 18.4 Å². The van der Waals surface area contributed by atoms with Gasteiger partial charge in [0, 0.05) is 23.5 Å². The van der Waals surface area contributed by atoms with Gasteiger partial charge in [0.2, 0.25) is 0 Å². The molecule has 0 spiro atoms. The van der Waals surface area contributed by atoms with Crippen LogP contribution in [0.4, 0.5) is 0 Å². The van der Waals surface area contributed by atoms with Gasteiger partial charge < -0.3 is 9.84 Å². The highest BCUT2D eigenvalue weighted by atomic mass is 16.5. The Morgan fingerprint density at radius 1 is 1.41 bits per heavy atom. The van der Waals surface area contributed by atoms with Gasteiger partial charge in [0.1, 0.15) is 5.76 Å². The number of carbonyl (C=O) groups is 2. The molecule has 5 heteroatoms. The molecule has 1 aliphatic carbocycles. The van der Waals surface area contributed by atoms with Gasteiger partial charge in [-0.05, 0) is 24.5 Å². The number of aliphatic hydroxyl groups excluding tert-OH is 1. The Kier molecular flexibility index (Phi) is 2.91. The van der Waals surface area contributed by atoms with E-state index in [1.54, 1.807) is 12.3 Å². The minimum atomic E-state index is -0.955. The number of esters is 1. The third kappa shape index (κ3) is 1.91. The highest BCUT2D eigenvalue weighted by Crippen LogP contribution is 2.29. The van der Waals surface area contributed by atoms with Gasteiger partial charge in [0.15, 0.2) is 0 Å². The van der Waals surface area contributed by atoms with Crippen molar-refractivity contribution in [1.82, 2.24) is 4.98 Å². The van der Waals surface area contributed by atoms with Gasteiger partial charge in [0.05, 0.1) is 7.11 Å². The number of Topliss-reactive ketones (excluding diaryl/α,β-unsaturated/α-hetero) is 1. The van der Waals surface area contributed by atoms with Crippen molar-refractivity contribution in [2.75, 3.05) is 7.11 Å². The van der Waals surface area contributed by atoms with Crippen molar-refractivity contribution < 1.29 is 19.4 Å². The molecule has 1 aromatic rings. The van der Waals surface area contributed by atoms with Crippen LogP contribution in [0.25, 0.3) is 5.76 Å². The van der Waals surface area contributed by atoms with Gasteiger partial charge >= 0.3 is 5.97 Å². The summed E-state index contributed by atoms with van der Waals surface area (Å²) < 4.78 is 4.36. The summed E-state index contributed by atoms with van der Waals surface area (Å²) in [6, 6.07) is 1.62. The Morgan fingerprint density at radius 3 is 2.88 bits per heavy atom. The van der Waals surface area contributed by atoms with E-state index in [-0.39, 0.29) is 11.3 Å². The average Bonchev–Trinajstić information content (AvgIpc) is 2.38. The van der Waals surface area contributed by atoms with Crippen LogP contribution in [0.2, 0.25) is 0 Å². The second-order valence-corrected chi connectivity index (χ2v) is 3.68. The molecule has 0 saturated carbocycles. The predicted octanol–water partition coefficient (Wildman–Crippen LogP) is 1.04. The van der Waals surface area contributed by atoms with Crippen molar-refractivity contribution in [3.63, 3.8) is 0 Å². The van der Waals surface area contributed by atoms with Crippen LogP contribution in [0.15, 0.2) is 24.0 Å². The Labute approximate surface area is 97.7 Å². The van der Waals surface area contributed by atoms with E-state index >= 15 is 0 Å². The fraction of sp³-hybridized carbons (Fsp3) is 0.250. The minimum Gasteiger partial charge on any atom is -0.507 e. The molecule has 0 aliphatic heterocycles. The number of ketones is 1. The molecule has 0 fully saturated rings.